The number of aryl methyl sites for hydroxylation is 1. The van der Waals surface area contributed by atoms with Gasteiger partial charge in [0.15, 0.2) is 0 Å². The van der Waals surface area contributed by atoms with E-state index in [0.717, 1.165) is 33.5 Å². The summed E-state index contributed by atoms with van der Waals surface area (Å²) in [4.78, 5) is 7.85. The Kier molecular flexibility index (Phi) is 3.54. The minimum Gasteiger partial charge on any atom is -0.497 e. The van der Waals surface area contributed by atoms with Crippen LogP contribution in [0.4, 0.5) is 0 Å². The maximum Gasteiger partial charge on any atom is 0.137 e. The third kappa shape index (κ3) is 2.54. The number of nitrogens with zero attached hydrogens (tertiary/aromatic N) is 1. The second kappa shape index (κ2) is 5.85. The number of hydrogen-bond acceptors (Lipinski definition) is 2. The van der Waals surface area contributed by atoms with Crippen molar-refractivity contribution < 1.29 is 4.74 Å². The number of aromatic nitrogens is 2. The van der Waals surface area contributed by atoms with E-state index in [1.54, 1.807) is 7.11 Å². The standard InChI is InChI=1S/C21H18N2O/c1-14-5-3-6-15(9-14)17-11-19-20(13-23-21(19)22-12-17)16-7-4-8-18(10-16)24-2/h3-13H,1-2H3,(H,22,23). The van der Waals surface area contributed by atoms with Crippen molar-refractivity contribution in [2.75, 3.05) is 7.11 Å². The molecular formula is C21H18N2O. The molecule has 0 fully saturated rings. The Labute approximate surface area is 140 Å². The van der Waals surface area contributed by atoms with Gasteiger partial charge in [0.1, 0.15) is 11.4 Å². The zero-order valence-corrected chi connectivity index (χ0v) is 13.7. The molecular weight excluding hydrogens is 296 g/mol. The molecule has 0 saturated heterocycles. The van der Waals surface area contributed by atoms with Gasteiger partial charge in [-0.2, -0.15) is 0 Å². The Balaban J connectivity index is 1.87. The van der Waals surface area contributed by atoms with Crippen molar-refractivity contribution in [1.29, 1.82) is 0 Å². The van der Waals surface area contributed by atoms with Crippen LogP contribution in [0.15, 0.2) is 67.0 Å². The van der Waals surface area contributed by atoms with Gasteiger partial charge in [-0.3, -0.25) is 0 Å². The molecule has 3 heteroatoms. The lowest BCUT2D eigenvalue weighted by atomic mass is 10.0. The van der Waals surface area contributed by atoms with Gasteiger partial charge in [0, 0.05) is 28.9 Å². The van der Waals surface area contributed by atoms with Gasteiger partial charge in [-0.1, -0.05) is 42.0 Å². The van der Waals surface area contributed by atoms with Crippen molar-refractivity contribution in [3.8, 4) is 28.0 Å². The summed E-state index contributed by atoms with van der Waals surface area (Å²) in [5, 5.41) is 1.11. The predicted molar refractivity (Wildman–Crippen MR) is 98.3 cm³/mol. The number of aromatic amines is 1. The normalized spacial score (nSPS) is 10.9. The monoisotopic (exact) mass is 314 g/mol. The van der Waals surface area contributed by atoms with Crippen molar-refractivity contribution in [1.82, 2.24) is 9.97 Å². The first kappa shape index (κ1) is 14.5. The van der Waals surface area contributed by atoms with Crippen molar-refractivity contribution in [3.05, 3.63) is 72.6 Å². The van der Waals surface area contributed by atoms with Crippen LogP contribution in [0.2, 0.25) is 0 Å². The smallest absolute Gasteiger partial charge is 0.137 e. The van der Waals surface area contributed by atoms with Gasteiger partial charge in [-0.05, 0) is 36.2 Å². The summed E-state index contributed by atoms with van der Waals surface area (Å²) < 4.78 is 5.35. The van der Waals surface area contributed by atoms with E-state index in [2.05, 4.69) is 53.3 Å². The molecule has 0 atom stereocenters. The van der Waals surface area contributed by atoms with Crippen LogP contribution in [0.3, 0.4) is 0 Å². The summed E-state index contributed by atoms with van der Waals surface area (Å²) in [5.74, 6) is 0.852. The van der Waals surface area contributed by atoms with E-state index in [0.29, 0.717) is 0 Å². The Bertz CT molecular complexity index is 1020. The number of benzene rings is 2. The van der Waals surface area contributed by atoms with E-state index in [1.807, 2.05) is 30.6 Å². The summed E-state index contributed by atoms with van der Waals surface area (Å²) in [6, 6.07) is 18.8. The van der Waals surface area contributed by atoms with Gasteiger partial charge in [0.05, 0.1) is 7.11 Å². The van der Waals surface area contributed by atoms with E-state index >= 15 is 0 Å². The lowest BCUT2D eigenvalue weighted by Gasteiger charge is -2.06. The number of fused-ring (bicyclic) bond motifs is 1. The molecule has 2 heterocycles. The van der Waals surface area contributed by atoms with Crippen LogP contribution in [0.5, 0.6) is 5.75 Å². The molecule has 0 aliphatic heterocycles. The SMILES string of the molecule is COc1cccc(-c2c[nH]c3ncc(-c4cccc(C)c4)cc23)c1. The molecule has 0 spiro atoms. The molecule has 4 aromatic rings. The average molecular weight is 314 g/mol. The van der Waals surface area contributed by atoms with Crippen LogP contribution >= 0.6 is 0 Å². The van der Waals surface area contributed by atoms with Crippen LogP contribution < -0.4 is 4.74 Å². The molecule has 3 nitrogen and oxygen atoms in total. The van der Waals surface area contributed by atoms with E-state index in [1.165, 1.54) is 11.1 Å². The van der Waals surface area contributed by atoms with E-state index in [-0.39, 0.29) is 0 Å². The summed E-state index contributed by atoms with van der Waals surface area (Å²) in [5.41, 5.74) is 6.69. The van der Waals surface area contributed by atoms with Crippen LogP contribution in [0.25, 0.3) is 33.3 Å². The molecule has 4 rings (SSSR count). The van der Waals surface area contributed by atoms with Gasteiger partial charge in [0.25, 0.3) is 0 Å². The number of ether oxygens (including phenoxy) is 1. The highest BCUT2D eigenvalue weighted by molar-refractivity contribution is 5.96. The molecule has 0 aliphatic rings. The number of pyridine rings is 1. The fourth-order valence-corrected chi connectivity index (χ4v) is 3.02. The van der Waals surface area contributed by atoms with Crippen molar-refractivity contribution in [2.24, 2.45) is 0 Å². The van der Waals surface area contributed by atoms with Crippen molar-refractivity contribution in [2.45, 2.75) is 6.92 Å². The lowest BCUT2D eigenvalue weighted by Crippen LogP contribution is -1.85. The fraction of sp³-hybridized carbons (Fsp3) is 0.0952. The van der Waals surface area contributed by atoms with E-state index in [4.69, 9.17) is 4.74 Å². The Morgan fingerprint density at radius 1 is 0.917 bits per heavy atom. The van der Waals surface area contributed by atoms with Crippen molar-refractivity contribution in [3.63, 3.8) is 0 Å². The topological polar surface area (TPSA) is 37.9 Å². The zero-order valence-electron chi connectivity index (χ0n) is 13.7. The summed E-state index contributed by atoms with van der Waals surface area (Å²) in [6.45, 7) is 2.10. The average Bonchev–Trinajstić information content (AvgIpc) is 3.05. The number of H-pyrrole nitrogens is 1. The second-order valence-corrected chi connectivity index (χ2v) is 5.92. The highest BCUT2D eigenvalue weighted by Crippen LogP contribution is 2.32. The van der Waals surface area contributed by atoms with E-state index in [9.17, 15) is 0 Å². The molecule has 0 amide bonds. The largest absolute Gasteiger partial charge is 0.497 e. The molecule has 24 heavy (non-hydrogen) atoms. The number of nitrogens with one attached hydrogen (secondary N) is 1. The molecule has 2 aromatic carbocycles. The van der Waals surface area contributed by atoms with Gasteiger partial charge in [-0.15, -0.1) is 0 Å². The third-order valence-corrected chi connectivity index (χ3v) is 4.26. The predicted octanol–water partition coefficient (Wildman–Crippen LogP) is 5.21. The minimum absolute atomic E-state index is 0.852. The van der Waals surface area contributed by atoms with Gasteiger partial charge in [-0.25, -0.2) is 4.98 Å². The third-order valence-electron chi connectivity index (χ3n) is 4.26. The van der Waals surface area contributed by atoms with Crippen molar-refractivity contribution >= 4 is 11.0 Å². The Hall–Kier alpha value is -3.07. The Morgan fingerprint density at radius 3 is 2.58 bits per heavy atom. The number of rotatable bonds is 3. The summed E-state index contributed by atoms with van der Waals surface area (Å²) >= 11 is 0. The molecule has 0 saturated carbocycles. The number of hydrogen-bond donors (Lipinski definition) is 1. The molecule has 0 radical (unpaired) electrons. The Morgan fingerprint density at radius 2 is 1.75 bits per heavy atom. The molecule has 118 valence electrons. The first-order chi connectivity index (χ1) is 11.7. The fourth-order valence-electron chi connectivity index (χ4n) is 3.02. The summed E-state index contributed by atoms with van der Waals surface area (Å²) in [7, 11) is 1.69. The lowest BCUT2D eigenvalue weighted by molar-refractivity contribution is 0.415. The molecule has 0 bridgehead atoms. The number of methoxy groups -OCH3 is 1. The first-order valence-corrected chi connectivity index (χ1v) is 7.93. The first-order valence-electron chi connectivity index (χ1n) is 7.93. The van der Waals surface area contributed by atoms with Gasteiger partial charge in [0.2, 0.25) is 0 Å². The maximum absolute atomic E-state index is 5.35. The molecule has 2 aromatic heterocycles. The second-order valence-electron chi connectivity index (χ2n) is 5.92. The molecule has 0 aliphatic carbocycles. The van der Waals surface area contributed by atoms with Crippen LogP contribution in [0.1, 0.15) is 5.56 Å². The maximum atomic E-state index is 5.35. The molecule has 1 N–H and O–H groups in total. The minimum atomic E-state index is 0.852. The highest BCUT2D eigenvalue weighted by atomic mass is 16.5. The van der Waals surface area contributed by atoms with Gasteiger partial charge >= 0.3 is 0 Å². The summed E-state index contributed by atoms with van der Waals surface area (Å²) in [6.07, 6.45) is 3.93. The zero-order chi connectivity index (χ0) is 16.5. The highest BCUT2D eigenvalue weighted by Gasteiger charge is 2.10. The van der Waals surface area contributed by atoms with Crippen LogP contribution in [0, 0.1) is 6.92 Å². The van der Waals surface area contributed by atoms with E-state index < -0.39 is 0 Å². The van der Waals surface area contributed by atoms with Crippen LogP contribution in [-0.2, 0) is 0 Å². The van der Waals surface area contributed by atoms with Gasteiger partial charge < -0.3 is 9.72 Å². The van der Waals surface area contributed by atoms with Crippen LogP contribution in [-0.4, -0.2) is 17.1 Å². The molecule has 0 unspecified atom stereocenters. The quantitative estimate of drug-likeness (QED) is 0.563.